The number of nitrogens with zero attached hydrogens (tertiary/aromatic N) is 2. The first kappa shape index (κ1) is 49.9. The molecule has 0 spiro atoms. The van der Waals surface area contributed by atoms with E-state index in [0.717, 1.165) is 70.6 Å². The van der Waals surface area contributed by atoms with Gasteiger partial charge in [-0.25, -0.2) is 4.57 Å². The summed E-state index contributed by atoms with van der Waals surface area (Å²) in [5.74, 6) is -0.852. The molecular weight excluding hydrogens is 699 g/mol. The lowest BCUT2D eigenvalue weighted by atomic mass is 9.98. The van der Waals surface area contributed by atoms with Crippen molar-refractivity contribution >= 4 is 19.8 Å². The van der Waals surface area contributed by atoms with Crippen LogP contribution in [0.25, 0.3) is 0 Å². The van der Waals surface area contributed by atoms with E-state index in [2.05, 4.69) is 6.92 Å². The third-order valence-corrected chi connectivity index (χ3v) is 11.0. The molecule has 1 aliphatic rings. The zero-order chi connectivity index (χ0) is 39.6. The van der Waals surface area contributed by atoms with Crippen molar-refractivity contribution < 1.29 is 52.0 Å². The monoisotopic (exact) mass is 779 g/mol. The maximum atomic E-state index is 12.8. The first-order valence-corrected chi connectivity index (χ1v) is 22.4. The van der Waals surface area contributed by atoms with Crippen LogP contribution < -0.4 is 0 Å². The van der Waals surface area contributed by atoms with Crippen LogP contribution in [0.5, 0.6) is 0 Å². The maximum absolute atomic E-state index is 12.8. The van der Waals surface area contributed by atoms with E-state index in [1.807, 2.05) is 41.9 Å². The van der Waals surface area contributed by atoms with Gasteiger partial charge in [-0.1, -0.05) is 117 Å². The van der Waals surface area contributed by atoms with Crippen LogP contribution in [0, 0.1) is 0 Å². The van der Waals surface area contributed by atoms with Gasteiger partial charge in [-0.2, -0.15) is 0 Å². The number of carbonyl (C=O) groups is 2. The molecule has 12 nitrogen and oxygen atoms in total. The quantitative estimate of drug-likeness (QED) is 0.0291. The highest BCUT2D eigenvalue weighted by Gasteiger charge is 2.51. The predicted molar refractivity (Wildman–Crippen MR) is 208 cm³/mol. The Morgan fingerprint density at radius 1 is 0.755 bits per heavy atom. The lowest BCUT2D eigenvalue weighted by Gasteiger charge is -2.34. The van der Waals surface area contributed by atoms with Crippen molar-refractivity contribution in [1.29, 1.82) is 0 Å². The minimum Gasteiger partial charge on any atom is -0.462 e. The van der Waals surface area contributed by atoms with Crippen molar-refractivity contribution in [1.82, 2.24) is 5.06 Å². The molecule has 1 saturated heterocycles. The Morgan fingerprint density at radius 2 is 1.25 bits per heavy atom. The van der Waals surface area contributed by atoms with Crippen molar-refractivity contribution in [2.45, 2.75) is 193 Å². The minimum absolute atomic E-state index is 0.0167. The molecule has 1 aliphatic heterocycles. The van der Waals surface area contributed by atoms with Gasteiger partial charge in [-0.15, -0.1) is 10.3 Å². The van der Waals surface area contributed by atoms with Crippen LogP contribution in [0.2, 0.25) is 0 Å². The standard InChI is InChI=1S/C40H78N2O10P/c1-8-10-11-12-13-14-15-16-19-22-25-28-37(43)48-33-36(34-51-53(46,47)50-32-31-42(5,6)7)52-38(44)29-26-23-20-17-18-21-24-27-30-40(9-2)41(45)39(3,4)35-49-40/h36H,8-35H2,1-7H3/p+1/t36-,40?/m1/s1. The minimum atomic E-state index is -4.39. The van der Waals surface area contributed by atoms with Gasteiger partial charge in [0.15, 0.2) is 6.10 Å². The molecule has 0 aromatic heterocycles. The molecule has 0 aromatic rings. The van der Waals surface area contributed by atoms with Crippen LogP contribution >= 0.6 is 7.82 Å². The van der Waals surface area contributed by atoms with E-state index in [-0.39, 0.29) is 32.0 Å². The fourth-order valence-electron chi connectivity index (χ4n) is 6.50. The summed E-state index contributed by atoms with van der Waals surface area (Å²) in [7, 11) is 1.42. The number of quaternary nitrogens is 1. The molecule has 1 radical (unpaired) electrons. The lowest BCUT2D eigenvalue weighted by molar-refractivity contribution is -0.870. The van der Waals surface area contributed by atoms with E-state index < -0.39 is 37.8 Å². The zero-order valence-electron chi connectivity index (χ0n) is 34.8. The molecule has 0 bridgehead atoms. The summed E-state index contributed by atoms with van der Waals surface area (Å²) in [5.41, 5.74) is -1.16. The Bertz CT molecular complexity index is 1020. The third-order valence-electron chi connectivity index (χ3n) is 10.0. The van der Waals surface area contributed by atoms with Gasteiger partial charge in [0.05, 0.1) is 39.9 Å². The summed E-state index contributed by atoms with van der Waals surface area (Å²) in [5, 5.41) is 13.9. The van der Waals surface area contributed by atoms with Gasteiger partial charge >= 0.3 is 19.8 Å². The van der Waals surface area contributed by atoms with Crippen LogP contribution in [0.4, 0.5) is 0 Å². The molecule has 3 atom stereocenters. The van der Waals surface area contributed by atoms with E-state index in [0.29, 0.717) is 30.5 Å². The summed E-state index contributed by atoms with van der Waals surface area (Å²) >= 11 is 0. The Labute approximate surface area is 323 Å². The highest BCUT2D eigenvalue weighted by Crippen LogP contribution is 2.43. The van der Waals surface area contributed by atoms with Crippen LogP contribution in [0.1, 0.15) is 175 Å². The SMILES string of the molecule is CCCCCCCCCCCCCC(=O)OC[C@H](COP(=O)(O)OCC[N+](C)(C)C)OC(=O)CCCCCCCCCCC1(CC)OCC(C)(C)N1[O]. The second-order valence-corrected chi connectivity index (χ2v) is 18.2. The molecule has 0 aromatic carbocycles. The topological polar surface area (TPSA) is 141 Å². The summed E-state index contributed by atoms with van der Waals surface area (Å²) in [4.78, 5) is 35.3. The number of phosphoric acid groups is 1. The highest BCUT2D eigenvalue weighted by atomic mass is 31.2. The number of phosphoric ester groups is 1. The number of unbranched alkanes of at least 4 members (excludes halogenated alkanes) is 17. The Hall–Kier alpha value is -1.11. The molecule has 1 heterocycles. The number of rotatable bonds is 34. The summed E-state index contributed by atoms with van der Waals surface area (Å²) in [6, 6.07) is 0. The fourth-order valence-corrected chi connectivity index (χ4v) is 7.25. The van der Waals surface area contributed by atoms with Crippen molar-refractivity contribution in [3.63, 3.8) is 0 Å². The number of carbonyl (C=O) groups excluding carboxylic acids is 2. The third kappa shape index (κ3) is 24.2. The van der Waals surface area contributed by atoms with Gasteiger partial charge in [0.25, 0.3) is 0 Å². The molecule has 1 fully saturated rings. The first-order valence-electron chi connectivity index (χ1n) is 20.9. The number of hydrogen-bond acceptors (Lipinski definition) is 9. The largest absolute Gasteiger partial charge is 0.472 e. The van der Waals surface area contributed by atoms with Gasteiger partial charge in [-0.05, 0) is 46.0 Å². The summed E-state index contributed by atoms with van der Waals surface area (Å²) in [6.07, 6.45) is 21.7. The number of ether oxygens (including phenoxy) is 3. The lowest BCUT2D eigenvalue weighted by Crippen LogP contribution is -2.49. The van der Waals surface area contributed by atoms with Crippen LogP contribution in [-0.4, -0.2) is 97.9 Å². The summed E-state index contributed by atoms with van der Waals surface area (Å²) < 4.78 is 40.2. The average Bonchev–Trinajstić information content (AvgIpc) is 3.32. The number of hydrogen-bond donors (Lipinski definition) is 1. The molecule has 2 unspecified atom stereocenters. The first-order chi connectivity index (χ1) is 25.1. The van der Waals surface area contributed by atoms with Gasteiger partial charge in [0.1, 0.15) is 25.5 Å². The molecule has 13 heteroatoms. The van der Waals surface area contributed by atoms with E-state index in [1.54, 1.807) is 0 Å². The smallest absolute Gasteiger partial charge is 0.462 e. The highest BCUT2D eigenvalue weighted by molar-refractivity contribution is 7.47. The number of likely N-dealkylation sites (N-methyl/N-ethyl adjacent to an activating group) is 1. The van der Waals surface area contributed by atoms with Crippen molar-refractivity contribution in [2.24, 2.45) is 0 Å². The number of hydroxylamine groups is 2. The van der Waals surface area contributed by atoms with Crippen molar-refractivity contribution in [3.8, 4) is 0 Å². The van der Waals surface area contributed by atoms with E-state index in [9.17, 15) is 24.3 Å². The second-order valence-electron chi connectivity index (χ2n) is 16.7. The maximum Gasteiger partial charge on any atom is 0.472 e. The molecule has 0 aliphatic carbocycles. The van der Waals surface area contributed by atoms with Gasteiger partial charge < -0.3 is 23.6 Å². The number of esters is 2. The molecule has 0 amide bonds. The second kappa shape index (κ2) is 27.5. The van der Waals surface area contributed by atoms with Crippen molar-refractivity contribution in [2.75, 3.05) is 54.1 Å². The Balaban J connectivity index is 2.36. The molecule has 53 heavy (non-hydrogen) atoms. The van der Waals surface area contributed by atoms with Gasteiger partial charge in [0, 0.05) is 12.8 Å². The molecule has 1 rings (SSSR count). The van der Waals surface area contributed by atoms with E-state index in [1.165, 1.54) is 56.4 Å². The van der Waals surface area contributed by atoms with Crippen LogP contribution in [-0.2, 0) is 42.6 Å². The van der Waals surface area contributed by atoms with E-state index in [4.69, 9.17) is 23.3 Å². The van der Waals surface area contributed by atoms with Crippen LogP contribution in [0.15, 0.2) is 0 Å². The molecular formula is C40H79N2O10P+. The van der Waals surface area contributed by atoms with Crippen molar-refractivity contribution in [3.05, 3.63) is 0 Å². The van der Waals surface area contributed by atoms with Gasteiger partial charge in [0.2, 0.25) is 0 Å². The molecule has 0 saturated carbocycles. The molecule has 313 valence electrons. The Morgan fingerprint density at radius 3 is 1.72 bits per heavy atom. The van der Waals surface area contributed by atoms with Gasteiger partial charge in [-0.3, -0.25) is 18.6 Å². The fraction of sp³-hybridized carbons (Fsp3) is 0.950. The average molecular weight is 779 g/mol. The Kier molecular flexibility index (Phi) is 25.9. The normalized spacial score (nSPS) is 19.3. The zero-order valence-corrected chi connectivity index (χ0v) is 35.7. The van der Waals surface area contributed by atoms with Crippen LogP contribution in [0.3, 0.4) is 0 Å². The van der Waals surface area contributed by atoms with E-state index >= 15 is 0 Å². The predicted octanol–water partition coefficient (Wildman–Crippen LogP) is 9.45. The molecule has 1 N–H and O–H groups in total. The summed E-state index contributed by atoms with van der Waals surface area (Å²) in [6.45, 7) is 8.42.